The Morgan fingerprint density at radius 3 is 3.06 bits per heavy atom. The molecule has 4 nitrogen and oxygen atoms in total. The molecule has 0 saturated carbocycles. The lowest BCUT2D eigenvalue weighted by atomic mass is 10.1. The molecule has 0 aromatic heterocycles. The maximum atomic E-state index is 11.5. The molecule has 1 aliphatic heterocycles. The molecular weight excluding hydrogens is 226 g/mol. The van der Waals surface area contributed by atoms with Gasteiger partial charge in [0, 0.05) is 24.8 Å². The molecule has 4 heteroatoms. The monoisotopic (exact) mass is 247 g/mol. The number of hydrogen-bond donors (Lipinski definition) is 3. The van der Waals surface area contributed by atoms with E-state index in [2.05, 4.69) is 34.1 Å². The van der Waals surface area contributed by atoms with Gasteiger partial charge in [-0.2, -0.15) is 0 Å². The van der Waals surface area contributed by atoms with Gasteiger partial charge < -0.3 is 16.0 Å². The summed E-state index contributed by atoms with van der Waals surface area (Å²) >= 11 is 0. The molecule has 2 rings (SSSR count). The van der Waals surface area contributed by atoms with E-state index < -0.39 is 0 Å². The molecule has 1 aromatic carbocycles. The number of anilines is 1. The van der Waals surface area contributed by atoms with E-state index in [9.17, 15) is 4.79 Å². The van der Waals surface area contributed by atoms with Gasteiger partial charge >= 0.3 is 0 Å². The van der Waals surface area contributed by atoms with Crippen molar-refractivity contribution in [2.45, 2.75) is 32.9 Å². The molecule has 1 aliphatic rings. The summed E-state index contributed by atoms with van der Waals surface area (Å²) in [6, 6.07) is 6.54. The molecule has 0 aliphatic carbocycles. The number of carbonyl (C=O) groups excluding carboxylic acids is 1. The zero-order valence-corrected chi connectivity index (χ0v) is 11.0. The summed E-state index contributed by atoms with van der Waals surface area (Å²) in [6.45, 7) is 6.03. The Hall–Kier alpha value is -1.55. The third kappa shape index (κ3) is 3.23. The largest absolute Gasteiger partial charge is 0.384 e. The molecule has 0 fully saturated rings. The molecule has 0 atom stereocenters. The van der Waals surface area contributed by atoms with Gasteiger partial charge in [-0.3, -0.25) is 4.79 Å². The number of rotatable bonds is 5. The van der Waals surface area contributed by atoms with Crippen LogP contribution >= 0.6 is 0 Å². The minimum absolute atomic E-state index is 0.0468. The second-order valence-corrected chi connectivity index (χ2v) is 4.95. The highest BCUT2D eigenvalue weighted by Gasteiger charge is 2.13. The Kier molecular flexibility index (Phi) is 4.20. The molecule has 3 N–H and O–H groups in total. The van der Waals surface area contributed by atoms with Crippen molar-refractivity contribution in [3.8, 4) is 0 Å². The van der Waals surface area contributed by atoms with Crippen LogP contribution in [0, 0.1) is 0 Å². The lowest BCUT2D eigenvalue weighted by molar-refractivity contribution is -0.120. The van der Waals surface area contributed by atoms with E-state index in [-0.39, 0.29) is 11.9 Å². The van der Waals surface area contributed by atoms with Gasteiger partial charge in [0.2, 0.25) is 5.91 Å². The molecule has 0 spiro atoms. The third-order valence-electron chi connectivity index (χ3n) is 2.98. The minimum atomic E-state index is 0.0468. The number of fused-ring (bicyclic) bond motifs is 1. The van der Waals surface area contributed by atoms with Gasteiger partial charge in [0.15, 0.2) is 0 Å². The van der Waals surface area contributed by atoms with Gasteiger partial charge in [0.25, 0.3) is 0 Å². The predicted molar refractivity (Wildman–Crippen MR) is 73.6 cm³/mol. The molecule has 18 heavy (non-hydrogen) atoms. The SMILES string of the molecule is CC(C)NC(=O)CNCc1cccc2c1NCC2. The zero-order valence-electron chi connectivity index (χ0n) is 11.0. The van der Waals surface area contributed by atoms with Crippen molar-refractivity contribution < 1.29 is 4.79 Å². The maximum Gasteiger partial charge on any atom is 0.234 e. The minimum Gasteiger partial charge on any atom is -0.384 e. The molecule has 0 bridgehead atoms. The first-order valence-corrected chi connectivity index (χ1v) is 6.51. The van der Waals surface area contributed by atoms with Crippen LogP contribution in [0.1, 0.15) is 25.0 Å². The highest BCUT2D eigenvalue weighted by molar-refractivity contribution is 5.78. The van der Waals surface area contributed by atoms with Crippen LogP contribution in [0.25, 0.3) is 0 Å². The van der Waals surface area contributed by atoms with Crippen LogP contribution in [0.3, 0.4) is 0 Å². The second-order valence-electron chi connectivity index (χ2n) is 4.95. The fourth-order valence-corrected chi connectivity index (χ4v) is 2.24. The van der Waals surface area contributed by atoms with E-state index in [4.69, 9.17) is 0 Å². The molecule has 1 aromatic rings. The molecular formula is C14H21N3O. The van der Waals surface area contributed by atoms with Crippen molar-refractivity contribution in [1.82, 2.24) is 10.6 Å². The summed E-state index contributed by atoms with van der Waals surface area (Å²) in [5.74, 6) is 0.0468. The van der Waals surface area contributed by atoms with Crippen molar-refractivity contribution in [2.24, 2.45) is 0 Å². The normalized spacial score (nSPS) is 13.3. The smallest absolute Gasteiger partial charge is 0.234 e. The first kappa shape index (κ1) is 12.9. The molecule has 1 heterocycles. The lowest BCUT2D eigenvalue weighted by Crippen LogP contribution is -2.37. The van der Waals surface area contributed by atoms with E-state index in [1.54, 1.807) is 0 Å². The van der Waals surface area contributed by atoms with Crippen molar-refractivity contribution in [1.29, 1.82) is 0 Å². The lowest BCUT2D eigenvalue weighted by Gasteiger charge is -2.11. The first-order valence-electron chi connectivity index (χ1n) is 6.51. The second kappa shape index (κ2) is 5.87. The Labute approximate surface area is 108 Å². The number of carbonyl (C=O) groups is 1. The van der Waals surface area contributed by atoms with Crippen molar-refractivity contribution >= 4 is 11.6 Å². The fourth-order valence-electron chi connectivity index (χ4n) is 2.24. The average molecular weight is 247 g/mol. The quantitative estimate of drug-likeness (QED) is 0.734. The summed E-state index contributed by atoms with van der Waals surface area (Å²) < 4.78 is 0. The first-order chi connectivity index (χ1) is 8.66. The highest BCUT2D eigenvalue weighted by Crippen LogP contribution is 2.25. The van der Waals surface area contributed by atoms with Gasteiger partial charge in [-0.05, 0) is 31.4 Å². The van der Waals surface area contributed by atoms with E-state index in [0.29, 0.717) is 6.54 Å². The van der Waals surface area contributed by atoms with Crippen LogP contribution in [-0.4, -0.2) is 25.0 Å². The number of para-hydroxylation sites is 1. The van der Waals surface area contributed by atoms with Crippen LogP contribution in [0.15, 0.2) is 18.2 Å². The van der Waals surface area contributed by atoms with E-state index in [0.717, 1.165) is 19.5 Å². The molecule has 0 radical (unpaired) electrons. The van der Waals surface area contributed by atoms with Gasteiger partial charge in [0.1, 0.15) is 0 Å². The summed E-state index contributed by atoms with van der Waals surface area (Å²) in [4.78, 5) is 11.5. The van der Waals surface area contributed by atoms with Gasteiger partial charge in [-0.1, -0.05) is 18.2 Å². The van der Waals surface area contributed by atoms with Crippen molar-refractivity contribution in [3.05, 3.63) is 29.3 Å². The van der Waals surface area contributed by atoms with Gasteiger partial charge in [0.05, 0.1) is 6.54 Å². The van der Waals surface area contributed by atoms with Crippen LogP contribution in [0.5, 0.6) is 0 Å². The van der Waals surface area contributed by atoms with E-state index in [1.165, 1.54) is 16.8 Å². The Morgan fingerprint density at radius 1 is 1.44 bits per heavy atom. The molecule has 1 amide bonds. The van der Waals surface area contributed by atoms with E-state index >= 15 is 0 Å². The van der Waals surface area contributed by atoms with Gasteiger partial charge in [-0.15, -0.1) is 0 Å². The number of amides is 1. The summed E-state index contributed by atoms with van der Waals surface area (Å²) in [5, 5.41) is 9.45. The van der Waals surface area contributed by atoms with Crippen LogP contribution in [0.4, 0.5) is 5.69 Å². The topological polar surface area (TPSA) is 53.2 Å². The molecule has 98 valence electrons. The summed E-state index contributed by atoms with van der Waals surface area (Å²) in [6.07, 6.45) is 1.09. The van der Waals surface area contributed by atoms with Crippen LogP contribution in [-0.2, 0) is 17.8 Å². The van der Waals surface area contributed by atoms with Gasteiger partial charge in [-0.25, -0.2) is 0 Å². The van der Waals surface area contributed by atoms with Crippen molar-refractivity contribution in [2.75, 3.05) is 18.4 Å². The fraction of sp³-hybridized carbons (Fsp3) is 0.500. The Morgan fingerprint density at radius 2 is 2.28 bits per heavy atom. The number of benzene rings is 1. The average Bonchev–Trinajstić information content (AvgIpc) is 2.76. The van der Waals surface area contributed by atoms with Crippen LogP contribution in [0.2, 0.25) is 0 Å². The maximum absolute atomic E-state index is 11.5. The third-order valence-corrected chi connectivity index (χ3v) is 2.98. The van der Waals surface area contributed by atoms with Crippen LogP contribution < -0.4 is 16.0 Å². The summed E-state index contributed by atoms with van der Waals surface area (Å²) in [5.41, 5.74) is 3.86. The zero-order chi connectivity index (χ0) is 13.0. The number of nitrogens with one attached hydrogen (secondary N) is 3. The molecule has 0 saturated heterocycles. The van der Waals surface area contributed by atoms with Crippen molar-refractivity contribution in [3.63, 3.8) is 0 Å². The highest BCUT2D eigenvalue weighted by atomic mass is 16.1. The summed E-state index contributed by atoms with van der Waals surface area (Å²) in [7, 11) is 0. The number of hydrogen-bond acceptors (Lipinski definition) is 3. The molecule has 0 unspecified atom stereocenters. The van der Waals surface area contributed by atoms with E-state index in [1.807, 2.05) is 13.8 Å². The Balaban J connectivity index is 1.84. The predicted octanol–water partition coefficient (Wildman–Crippen LogP) is 1.27. The Bertz CT molecular complexity index is 429. The standard InChI is InChI=1S/C14H21N3O/c1-10(2)17-13(18)9-15-8-12-5-3-4-11-6-7-16-14(11)12/h3-5,10,15-16H,6-9H2,1-2H3,(H,17,18).